The zero-order valence-electron chi connectivity index (χ0n) is 18.3. The SMILES string of the molecule is CNC(=O)[C@@H](NC(=O)c1nc(-c2ccncc2Cl)n2c1CN(C)C(C)C2)C(C)(C)C. The van der Waals surface area contributed by atoms with Crippen LogP contribution < -0.4 is 10.6 Å². The van der Waals surface area contributed by atoms with Crippen LogP contribution in [0.5, 0.6) is 0 Å². The quantitative estimate of drug-likeness (QED) is 0.773. The predicted molar refractivity (Wildman–Crippen MR) is 116 cm³/mol. The van der Waals surface area contributed by atoms with Crippen molar-refractivity contribution in [2.24, 2.45) is 5.41 Å². The molecule has 0 saturated carbocycles. The van der Waals surface area contributed by atoms with E-state index in [9.17, 15) is 9.59 Å². The average Bonchev–Trinajstić information content (AvgIpc) is 3.03. The van der Waals surface area contributed by atoms with Crippen molar-refractivity contribution in [2.75, 3.05) is 14.1 Å². The lowest BCUT2D eigenvalue weighted by Crippen LogP contribution is -2.53. The standard InChI is InChI=1S/C21H29ClN6O2/c1-12-10-28-15(11-27(12)6)16(25-18(28)13-7-8-24-9-14(13)22)19(29)26-17(20(30)23-5)21(2,3)4/h7-9,12,17H,10-11H2,1-6H3,(H,23,30)(H,26,29)/t12?,17-/m1/s1. The lowest BCUT2D eigenvalue weighted by molar-refractivity contribution is -0.124. The minimum Gasteiger partial charge on any atom is -0.357 e. The summed E-state index contributed by atoms with van der Waals surface area (Å²) in [5.74, 6) is 0.0171. The largest absolute Gasteiger partial charge is 0.357 e. The topological polar surface area (TPSA) is 92.1 Å². The highest BCUT2D eigenvalue weighted by Gasteiger charge is 2.35. The van der Waals surface area contributed by atoms with Crippen molar-refractivity contribution in [1.82, 2.24) is 30.1 Å². The van der Waals surface area contributed by atoms with Gasteiger partial charge in [-0.15, -0.1) is 0 Å². The first-order valence-corrected chi connectivity index (χ1v) is 10.3. The van der Waals surface area contributed by atoms with E-state index in [1.54, 1.807) is 25.5 Å². The van der Waals surface area contributed by atoms with Gasteiger partial charge in [0.2, 0.25) is 5.91 Å². The number of pyridine rings is 1. The van der Waals surface area contributed by atoms with Gasteiger partial charge >= 0.3 is 0 Å². The number of aromatic nitrogens is 3. The lowest BCUT2D eigenvalue weighted by Gasteiger charge is -2.32. The molecular weight excluding hydrogens is 404 g/mol. The fourth-order valence-corrected chi connectivity index (χ4v) is 3.81. The fourth-order valence-electron chi connectivity index (χ4n) is 3.60. The van der Waals surface area contributed by atoms with Gasteiger partial charge in [0.25, 0.3) is 5.91 Å². The summed E-state index contributed by atoms with van der Waals surface area (Å²) < 4.78 is 2.05. The molecule has 9 heteroatoms. The van der Waals surface area contributed by atoms with E-state index >= 15 is 0 Å². The number of amides is 2. The number of hydrogen-bond donors (Lipinski definition) is 2. The number of likely N-dealkylation sites (N-methyl/N-ethyl adjacent to an activating group) is 2. The van der Waals surface area contributed by atoms with Gasteiger partial charge in [-0.05, 0) is 25.5 Å². The second-order valence-electron chi connectivity index (χ2n) is 8.85. The Morgan fingerprint density at radius 2 is 2.03 bits per heavy atom. The summed E-state index contributed by atoms with van der Waals surface area (Å²) in [5, 5.41) is 5.99. The maximum absolute atomic E-state index is 13.3. The Hall–Kier alpha value is -2.45. The maximum atomic E-state index is 13.3. The Morgan fingerprint density at radius 3 is 2.63 bits per heavy atom. The number of carbonyl (C=O) groups excluding carboxylic acids is 2. The second kappa shape index (κ2) is 8.35. The van der Waals surface area contributed by atoms with Crippen molar-refractivity contribution < 1.29 is 9.59 Å². The van der Waals surface area contributed by atoms with Crippen LogP contribution in [0.3, 0.4) is 0 Å². The number of fused-ring (bicyclic) bond motifs is 1. The Labute approximate surface area is 182 Å². The van der Waals surface area contributed by atoms with E-state index in [2.05, 4.69) is 27.4 Å². The van der Waals surface area contributed by atoms with Crippen LogP contribution in [0.4, 0.5) is 0 Å². The molecule has 2 amide bonds. The monoisotopic (exact) mass is 432 g/mol. The van der Waals surface area contributed by atoms with Crippen LogP contribution in [0.25, 0.3) is 11.4 Å². The number of halogens is 1. The van der Waals surface area contributed by atoms with Crippen molar-refractivity contribution >= 4 is 23.4 Å². The van der Waals surface area contributed by atoms with Gasteiger partial charge in [0.15, 0.2) is 5.69 Å². The minimum absolute atomic E-state index is 0.243. The van der Waals surface area contributed by atoms with Crippen LogP contribution in [0, 0.1) is 5.41 Å². The summed E-state index contributed by atoms with van der Waals surface area (Å²) in [5.41, 5.74) is 1.38. The predicted octanol–water partition coefficient (Wildman–Crippen LogP) is 2.32. The normalized spacial score (nSPS) is 17.9. The van der Waals surface area contributed by atoms with Crippen LogP contribution in [-0.2, 0) is 17.9 Å². The molecule has 8 nitrogen and oxygen atoms in total. The van der Waals surface area contributed by atoms with E-state index in [4.69, 9.17) is 16.6 Å². The molecular formula is C21H29ClN6O2. The molecule has 2 N–H and O–H groups in total. The van der Waals surface area contributed by atoms with Gasteiger partial charge < -0.3 is 15.2 Å². The number of hydrogen-bond acceptors (Lipinski definition) is 5. The Bertz CT molecular complexity index is 965. The number of carbonyl (C=O) groups is 2. The Balaban J connectivity index is 2.07. The highest BCUT2D eigenvalue weighted by Crippen LogP contribution is 2.32. The van der Waals surface area contributed by atoms with E-state index in [1.165, 1.54) is 0 Å². The third kappa shape index (κ3) is 4.20. The molecule has 0 spiro atoms. The first-order chi connectivity index (χ1) is 14.0. The molecule has 3 rings (SSSR count). The van der Waals surface area contributed by atoms with Gasteiger partial charge in [-0.1, -0.05) is 32.4 Å². The first kappa shape index (κ1) is 22.2. The van der Waals surface area contributed by atoms with Gasteiger partial charge in [-0.2, -0.15) is 0 Å². The molecule has 2 atom stereocenters. The molecule has 0 aliphatic carbocycles. The summed E-state index contributed by atoms with van der Waals surface area (Å²) in [6.45, 7) is 9.11. The molecule has 1 aliphatic heterocycles. The second-order valence-corrected chi connectivity index (χ2v) is 9.25. The van der Waals surface area contributed by atoms with E-state index in [0.717, 1.165) is 11.3 Å². The molecule has 2 aromatic heterocycles. The Morgan fingerprint density at radius 1 is 1.33 bits per heavy atom. The van der Waals surface area contributed by atoms with Crippen molar-refractivity contribution in [3.8, 4) is 11.4 Å². The van der Waals surface area contributed by atoms with E-state index in [-0.39, 0.29) is 17.9 Å². The first-order valence-electron chi connectivity index (χ1n) is 9.96. The molecule has 3 heterocycles. The van der Waals surface area contributed by atoms with Gasteiger partial charge in [0, 0.05) is 44.1 Å². The molecule has 1 unspecified atom stereocenters. The summed E-state index contributed by atoms with van der Waals surface area (Å²) >= 11 is 6.38. The van der Waals surface area contributed by atoms with Crippen LogP contribution >= 0.6 is 11.6 Å². The highest BCUT2D eigenvalue weighted by molar-refractivity contribution is 6.33. The molecule has 30 heavy (non-hydrogen) atoms. The number of imidazole rings is 1. The zero-order chi connectivity index (χ0) is 22.2. The minimum atomic E-state index is -0.694. The van der Waals surface area contributed by atoms with Crippen LogP contribution in [0.15, 0.2) is 18.5 Å². The van der Waals surface area contributed by atoms with Gasteiger partial charge in [-0.3, -0.25) is 19.5 Å². The van der Waals surface area contributed by atoms with Crippen LogP contribution in [0.1, 0.15) is 43.9 Å². The number of nitrogens with zero attached hydrogens (tertiary/aromatic N) is 4. The van der Waals surface area contributed by atoms with Crippen molar-refractivity contribution in [3.05, 3.63) is 34.9 Å². The molecule has 0 fully saturated rings. The molecule has 0 radical (unpaired) electrons. The van der Waals surface area contributed by atoms with Gasteiger partial charge in [0.1, 0.15) is 11.9 Å². The molecule has 2 aromatic rings. The summed E-state index contributed by atoms with van der Waals surface area (Å²) in [7, 11) is 3.58. The number of rotatable bonds is 4. The molecule has 1 aliphatic rings. The van der Waals surface area contributed by atoms with Crippen molar-refractivity contribution in [2.45, 2.75) is 52.9 Å². The third-order valence-electron chi connectivity index (χ3n) is 5.55. The fraction of sp³-hybridized carbons (Fsp3) is 0.524. The molecule has 0 aromatic carbocycles. The van der Waals surface area contributed by atoms with E-state index < -0.39 is 11.5 Å². The average molecular weight is 433 g/mol. The molecule has 162 valence electrons. The summed E-state index contributed by atoms with van der Waals surface area (Å²) in [6.07, 6.45) is 3.22. The zero-order valence-corrected chi connectivity index (χ0v) is 19.0. The molecule has 0 bridgehead atoms. The third-order valence-corrected chi connectivity index (χ3v) is 5.85. The van der Waals surface area contributed by atoms with Crippen molar-refractivity contribution in [1.29, 1.82) is 0 Å². The van der Waals surface area contributed by atoms with Gasteiger partial charge in [-0.25, -0.2) is 4.98 Å². The Kier molecular flexibility index (Phi) is 6.19. The smallest absolute Gasteiger partial charge is 0.272 e. The van der Waals surface area contributed by atoms with Crippen molar-refractivity contribution in [3.63, 3.8) is 0 Å². The van der Waals surface area contributed by atoms with E-state index in [0.29, 0.717) is 29.6 Å². The summed E-state index contributed by atoms with van der Waals surface area (Å²) in [4.78, 5) is 36.6. The number of nitrogens with one attached hydrogen (secondary N) is 2. The van der Waals surface area contributed by atoms with E-state index in [1.807, 2.05) is 32.4 Å². The van der Waals surface area contributed by atoms with Gasteiger partial charge in [0.05, 0.1) is 10.7 Å². The summed E-state index contributed by atoms with van der Waals surface area (Å²) in [6, 6.07) is 1.38. The maximum Gasteiger partial charge on any atom is 0.272 e. The lowest BCUT2D eigenvalue weighted by atomic mass is 9.86. The highest BCUT2D eigenvalue weighted by atomic mass is 35.5. The van der Waals surface area contributed by atoms with Crippen LogP contribution in [0.2, 0.25) is 5.02 Å². The van der Waals surface area contributed by atoms with Crippen LogP contribution in [-0.4, -0.2) is 57.4 Å². The molecule has 0 saturated heterocycles.